The Morgan fingerprint density at radius 2 is 1.96 bits per heavy atom. The summed E-state index contributed by atoms with van der Waals surface area (Å²) >= 11 is 0. The van der Waals surface area contributed by atoms with E-state index in [2.05, 4.69) is 15.5 Å². The minimum atomic E-state index is -0.641. The Morgan fingerprint density at radius 1 is 1.23 bits per heavy atom. The summed E-state index contributed by atoms with van der Waals surface area (Å²) in [5, 5.41) is 10.8. The maximum atomic E-state index is 13.3. The predicted octanol–water partition coefficient (Wildman–Crippen LogP) is 0.599. The quantitative estimate of drug-likeness (QED) is 0.858. The van der Waals surface area contributed by atoms with Gasteiger partial charge in [0.1, 0.15) is 12.0 Å². The van der Waals surface area contributed by atoms with E-state index >= 15 is 0 Å². The fourth-order valence-electron chi connectivity index (χ4n) is 3.42. The van der Waals surface area contributed by atoms with Crippen LogP contribution >= 0.6 is 0 Å². The maximum Gasteiger partial charge on any atom is 0.325 e. The number of methoxy groups -OCH3 is 1. The van der Waals surface area contributed by atoms with E-state index in [-0.39, 0.29) is 5.82 Å². The second-order valence-electron chi connectivity index (χ2n) is 6.15. The van der Waals surface area contributed by atoms with Crippen LogP contribution in [0.4, 0.5) is 15.1 Å². The first-order valence-corrected chi connectivity index (χ1v) is 8.07. The highest BCUT2D eigenvalue weighted by molar-refractivity contribution is 6.02. The van der Waals surface area contributed by atoms with Crippen LogP contribution < -0.4 is 10.2 Å². The van der Waals surface area contributed by atoms with Crippen LogP contribution in [0.1, 0.15) is 6.17 Å². The predicted molar refractivity (Wildman–Crippen MR) is 88.8 cm³/mol. The summed E-state index contributed by atoms with van der Waals surface area (Å²) in [4.78, 5) is 27.9. The number of ether oxygens (including phenoxy) is 1. The molecule has 0 aliphatic carbocycles. The molecule has 2 atom stereocenters. The molecule has 2 aliphatic rings. The van der Waals surface area contributed by atoms with Crippen LogP contribution in [0.2, 0.25) is 0 Å². The number of hydrogen-bond donors (Lipinski definition) is 1. The standard InChI is InChI=1S/C16H17FN6O3/c1-21-14-11(13(24)18-16(21)25)22(7-8-26-2)15-20-19-12(23(14)15)9-3-5-10(17)6-4-9/h3-6,11,14H,7-8H2,1-2H3,(H,18,24,25). The van der Waals surface area contributed by atoms with Gasteiger partial charge in [-0.1, -0.05) is 0 Å². The molecule has 1 aromatic carbocycles. The minimum Gasteiger partial charge on any atom is -0.383 e. The summed E-state index contributed by atoms with van der Waals surface area (Å²) in [7, 11) is 3.18. The summed E-state index contributed by atoms with van der Waals surface area (Å²) in [6, 6.07) is 4.70. The average molecular weight is 360 g/mol. The molecule has 1 N–H and O–H groups in total. The summed E-state index contributed by atoms with van der Waals surface area (Å²) in [5.74, 6) is 0.168. The van der Waals surface area contributed by atoms with Crippen molar-refractivity contribution < 1.29 is 18.7 Å². The van der Waals surface area contributed by atoms with Crippen molar-refractivity contribution in [3.05, 3.63) is 30.1 Å². The molecule has 4 rings (SSSR count). The van der Waals surface area contributed by atoms with E-state index in [0.29, 0.717) is 30.5 Å². The van der Waals surface area contributed by atoms with Gasteiger partial charge in [0.2, 0.25) is 5.95 Å². The van der Waals surface area contributed by atoms with Gasteiger partial charge in [0.05, 0.1) is 6.61 Å². The normalized spacial score (nSPS) is 21.7. The van der Waals surface area contributed by atoms with Gasteiger partial charge in [0.15, 0.2) is 11.9 Å². The molecule has 2 unspecified atom stereocenters. The van der Waals surface area contributed by atoms with Crippen LogP contribution in [0, 0.1) is 5.82 Å². The maximum absolute atomic E-state index is 13.3. The number of nitrogens with one attached hydrogen (secondary N) is 1. The number of carbonyl (C=O) groups is 2. The van der Waals surface area contributed by atoms with Crippen molar-refractivity contribution in [2.75, 3.05) is 32.2 Å². The van der Waals surface area contributed by atoms with E-state index in [1.54, 1.807) is 35.8 Å². The highest BCUT2D eigenvalue weighted by Crippen LogP contribution is 2.40. The fourth-order valence-corrected chi connectivity index (χ4v) is 3.42. The summed E-state index contributed by atoms with van der Waals surface area (Å²) in [6.07, 6.45) is -0.599. The van der Waals surface area contributed by atoms with Crippen LogP contribution in [0.25, 0.3) is 11.4 Å². The van der Waals surface area contributed by atoms with Gasteiger partial charge in [-0.25, -0.2) is 9.18 Å². The van der Waals surface area contributed by atoms with Gasteiger partial charge in [-0.3, -0.25) is 14.7 Å². The highest BCUT2D eigenvalue weighted by atomic mass is 19.1. The number of urea groups is 1. The molecule has 1 fully saturated rings. The highest BCUT2D eigenvalue weighted by Gasteiger charge is 2.52. The first-order valence-electron chi connectivity index (χ1n) is 8.07. The molecular formula is C16H17FN6O3. The zero-order valence-corrected chi connectivity index (χ0v) is 14.2. The molecule has 0 spiro atoms. The van der Waals surface area contributed by atoms with Crippen LogP contribution in [-0.4, -0.2) is 65.0 Å². The Balaban J connectivity index is 1.84. The van der Waals surface area contributed by atoms with Gasteiger partial charge in [-0.15, -0.1) is 10.2 Å². The number of benzene rings is 1. The number of rotatable bonds is 4. The summed E-state index contributed by atoms with van der Waals surface area (Å²) in [5.41, 5.74) is 0.643. The number of likely N-dealkylation sites (N-methyl/N-ethyl adjacent to an activating group) is 1. The van der Waals surface area contributed by atoms with Crippen molar-refractivity contribution in [3.63, 3.8) is 0 Å². The van der Waals surface area contributed by atoms with E-state index in [1.165, 1.54) is 17.0 Å². The molecule has 1 saturated heterocycles. The lowest BCUT2D eigenvalue weighted by Gasteiger charge is -2.36. The zero-order valence-electron chi connectivity index (χ0n) is 14.2. The number of carbonyl (C=O) groups excluding carboxylic acids is 2. The monoisotopic (exact) mass is 360 g/mol. The lowest BCUT2D eigenvalue weighted by molar-refractivity contribution is -0.124. The second kappa shape index (κ2) is 6.06. The molecule has 0 radical (unpaired) electrons. The minimum absolute atomic E-state index is 0.362. The largest absolute Gasteiger partial charge is 0.383 e. The number of fused-ring (bicyclic) bond motifs is 3. The molecule has 3 amide bonds. The Bertz CT molecular complexity index is 867. The van der Waals surface area contributed by atoms with Crippen molar-refractivity contribution >= 4 is 17.9 Å². The lowest BCUT2D eigenvalue weighted by atomic mass is 10.1. The number of imide groups is 1. The van der Waals surface area contributed by atoms with Gasteiger partial charge in [0, 0.05) is 26.3 Å². The van der Waals surface area contributed by atoms with Gasteiger partial charge in [-0.2, -0.15) is 0 Å². The molecule has 0 bridgehead atoms. The van der Waals surface area contributed by atoms with Gasteiger partial charge in [0.25, 0.3) is 5.91 Å². The number of nitrogens with zero attached hydrogens (tertiary/aromatic N) is 5. The van der Waals surface area contributed by atoms with Crippen molar-refractivity contribution in [1.29, 1.82) is 0 Å². The number of hydrogen-bond acceptors (Lipinski definition) is 6. The first kappa shape index (κ1) is 16.5. The van der Waals surface area contributed by atoms with Crippen molar-refractivity contribution in [2.24, 2.45) is 0 Å². The molecule has 2 aliphatic heterocycles. The number of amides is 3. The number of halogens is 1. The first-order chi connectivity index (χ1) is 12.5. The Morgan fingerprint density at radius 3 is 2.65 bits per heavy atom. The number of anilines is 1. The Kier molecular flexibility index (Phi) is 3.83. The second-order valence-corrected chi connectivity index (χ2v) is 6.15. The third-order valence-electron chi connectivity index (χ3n) is 4.67. The smallest absolute Gasteiger partial charge is 0.325 e. The third-order valence-corrected chi connectivity index (χ3v) is 4.67. The molecule has 9 nitrogen and oxygen atoms in total. The third kappa shape index (κ3) is 2.33. The van der Waals surface area contributed by atoms with Crippen molar-refractivity contribution in [1.82, 2.24) is 25.0 Å². The zero-order chi connectivity index (χ0) is 18.4. The van der Waals surface area contributed by atoms with Crippen LogP contribution in [0.5, 0.6) is 0 Å². The molecule has 3 heterocycles. The van der Waals surface area contributed by atoms with Crippen LogP contribution in [0.15, 0.2) is 24.3 Å². The topological polar surface area (TPSA) is 92.6 Å². The molecule has 10 heteroatoms. The SMILES string of the molecule is COCCN1c2nnc(-c3ccc(F)cc3)n2C2C1C(=O)NC(=O)N2C. The van der Waals surface area contributed by atoms with Gasteiger partial charge in [-0.05, 0) is 24.3 Å². The summed E-state index contributed by atoms with van der Waals surface area (Å²) in [6.45, 7) is 0.793. The van der Waals surface area contributed by atoms with E-state index < -0.39 is 24.1 Å². The molecular weight excluding hydrogens is 343 g/mol. The summed E-state index contributed by atoms with van der Waals surface area (Å²) < 4.78 is 20.1. The van der Waals surface area contributed by atoms with Gasteiger partial charge < -0.3 is 14.5 Å². The number of aromatic nitrogens is 3. The van der Waals surface area contributed by atoms with E-state index in [9.17, 15) is 14.0 Å². The van der Waals surface area contributed by atoms with E-state index in [4.69, 9.17) is 4.74 Å². The van der Waals surface area contributed by atoms with E-state index in [1.807, 2.05) is 0 Å². The van der Waals surface area contributed by atoms with Crippen molar-refractivity contribution in [2.45, 2.75) is 12.2 Å². The van der Waals surface area contributed by atoms with Crippen LogP contribution in [0.3, 0.4) is 0 Å². The van der Waals surface area contributed by atoms with Gasteiger partial charge >= 0.3 is 6.03 Å². The van der Waals surface area contributed by atoms with E-state index in [0.717, 1.165) is 0 Å². The molecule has 136 valence electrons. The Hall–Kier alpha value is -3.01. The molecule has 0 saturated carbocycles. The Labute approximate surface area is 148 Å². The lowest BCUT2D eigenvalue weighted by Crippen LogP contribution is -2.61. The average Bonchev–Trinajstić information content (AvgIpc) is 3.17. The van der Waals surface area contributed by atoms with Crippen molar-refractivity contribution in [3.8, 4) is 11.4 Å². The molecule has 2 aromatic rings. The molecule has 1 aromatic heterocycles. The van der Waals surface area contributed by atoms with Crippen LogP contribution in [-0.2, 0) is 9.53 Å². The molecule has 26 heavy (non-hydrogen) atoms. The fraction of sp³-hybridized carbons (Fsp3) is 0.375.